The first-order valence-electron chi connectivity index (χ1n) is 4.23. The summed E-state index contributed by atoms with van der Waals surface area (Å²) in [5.41, 5.74) is 0.340. The lowest BCUT2D eigenvalue weighted by Crippen LogP contribution is -1.99. The first kappa shape index (κ1) is 10.7. The summed E-state index contributed by atoms with van der Waals surface area (Å²) < 4.78 is 10.1. The molecule has 4 nitrogen and oxygen atoms in total. The molecule has 0 aliphatic heterocycles. The molecule has 78 valence electrons. The van der Waals surface area contributed by atoms with Crippen LogP contribution in [0.15, 0.2) is 12.1 Å². The Balaban J connectivity index is 3.35. The summed E-state index contributed by atoms with van der Waals surface area (Å²) in [5.74, 6) is 0.848. The molecule has 1 atom stereocenters. The van der Waals surface area contributed by atoms with Crippen molar-refractivity contribution in [1.29, 1.82) is 0 Å². The average molecular weight is 198 g/mol. The molecular formula is C10H14O4. The first-order valence-corrected chi connectivity index (χ1v) is 4.23. The number of phenols is 1. The number of aliphatic hydroxyl groups excluding tert-OH is 1. The van der Waals surface area contributed by atoms with Gasteiger partial charge in [-0.05, 0) is 19.1 Å². The molecule has 0 heterocycles. The molecule has 2 N–H and O–H groups in total. The maximum atomic E-state index is 9.52. The number of ether oxygens (including phenoxy) is 2. The van der Waals surface area contributed by atoms with Crippen molar-refractivity contribution < 1.29 is 19.7 Å². The van der Waals surface area contributed by atoms with Gasteiger partial charge in [-0.15, -0.1) is 0 Å². The van der Waals surface area contributed by atoms with E-state index in [9.17, 15) is 10.2 Å². The van der Waals surface area contributed by atoms with Gasteiger partial charge in [-0.25, -0.2) is 0 Å². The van der Waals surface area contributed by atoms with Gasteiger partial charge < -0.3 is 19.7 Å². The van der Waals surface area contributed by atoms with Gasteiger partial charge in [0.2, 0.25) is 0 Å². The van der Waals surface area contributed by atoms with E-state index >= 15 is 0 Å². The Morgan fingerprint density at radius 1 is 1.21 bits per heavy atom. The van der Waals surface area contributed by atoms with E-state index in [0.717, 1.165) is 0 Å². The highest BCUT2D eigenvalue weighted by molar-refractivity contribution is 5.54. The third-order valence-electron chi connectivity index (χ3n) is 1.98. The molecular weight excluding hydrogens is 184 g/mol. The number of benzene rings is 1. The molecule has 1 aromatic carbocycles. The third-order valence-corrected chi connectivity index (χ3v) is 1.98. The normalized spacial score (nSPS) is 12.3. The van der Waals surface area contributed by atoms with Gasteiger partial charge in [0, 0.05) is 0 Å². The van der Waals surface area contributed by atoms with Crippen LogP contribution >= 0.6 is 0 Å². The van der Waals surface area contributed by atoms with Crippen LogP contribution in [0.1, 0.15) is 18.6 Å². The van der Waals surface area contributed by atoms with Crippen molar-refractivity contribution in [1.82, 2.24) is 0 Å². The van der Waals surface area contributed by atoms with Crippen molar-refractivity contribution >= 4 is 0 Å². The zero-order valence-corrected chi connectivity index (χ0v) is 8.44. The van der Waals surface area contributed by atoms with Crippen molar-refractivity contribution in [3.63, 3.8) is 0 Å². The molecule has 0 bridgehead atoms. The van der Waals surface area contributed by atoms with Gasteiger partial charge >= 0.3 is 0 Å². The standard InChI is InChI=1S/C10H14O4/c1-6(11)9-7(12)4-5-8(13-2)10(9)14-3/h4-6,11-12H,1-3H3. The number of aromatic hydroxyl groups is 1. The van der Waals surface area contributed by atoms with E-state index in [1.807, 2.05) is 0 Å². The molecule has 1 rings (SSSR count). The molecule has 0 spiro atoms. The monoisotopic (exact) mass is 198 g/mol. The van der Waals surface area contributed by atoms with Crippen LogP contribution in [0.4, 0.5) is 0 Å². The number of methoxy groups -OCH3 is 2. The molecule has 1 unspecified atom stereocenters. The summed E-state index contributed by atoms with van der Waals surface area (Å²) in [7, 11) is 2.96. The van der Waals surface area contributed by atoms with E-state index in [4.69, 9.17) is 9.47 Å². The number of aliphatic hydroxyl groups is 1. The van der Waals surface area contributed by atoms with Gasteiger partial charge in [0.15, 0.2) is 11.5 Å². The average Bonchev–Trinajstić information content (AvgIpc) is 2.16. The minimum absolute atomic E-state index is 0.00218. The zero-order chi connectivity index (χ0) is 10.7. The summed E-state index contributed by atoms with van der Waals surface area (Å²) in [6, 6.07) is 3.05. The number of rotatable bonds is 3. The van der Waals surface area contributed by atoms with Crippen molar-refractivity contribution in [2.24, 2.45) is 0 Å². The summed E-state index contributed by atoms with van der Waals surface area (Å²) in [5, 5.41) is 19.0. The lowest BCUT2D eigenvalue weighted by Gasteiger charge is -2.15. The van der Waals surface area contributed by atoms with E-state index in [2.05, 4.69) is 0 Å². The lowest BCUT2D eigenvalue weighted by atomic mass is 10.1. The minimum atomic E-state index is -0.806. The molecule has 0 saturated carbocycles. The highest BCUT2D eigenvalue weighted by atomic mass is 16.5. The van der Waals surface area contributed by atoms with E-state index in [1.54, 1.807) is 13.0 Å². The summed E-state index contributed by atoms with van der Waals surface area (Å²) >= 11 is 0. The fourth-order valence-corrected chi connectivity index (χ4v) is 1.34. The van der Waals surface area contributed by atoms with E-state index in [0.29, 0.717) is 17.1 Å². The third kappa shape index (κ3) is 1.75. The number of hydrogen-bond donors (Lipinski definition) is 2. The van der Waals surface area contributed by atoms with Crippen LogP contribution < -0.4 is 9.47 Å². The fourth-order valence-electron chi connectivity index (χ4n) is 1.34. The molecule has 0 aliphatic rings. The van der Waals surface area contributed by atoms with Gasteiger partial charge in [-0.3, -0.25) is 0 Å². The summed E-state index contributed by atoms with van der Waals surface area (Å²) in [6.45, 7) is 1.55. The molecule has 0 fully saturated rings. The topological polar surface area (TPSA) is 58.9 Å². The van der Waals surface area contributed by atoms with Crippen molar-refractivity contribution in [3.05, 3.63) is 17.7 Å². The summed E-state index contributed by atoms with van der Waals surface area (Å²) in [6.07, 6.45) is -0.806. The predicted molar refractivity (Wildman–Crippen MR) is 51.8 cm³/mol. The molecule has 0 saturated heterocycles. The second kappa shape index (κ2) is 4.19. The Hall–Kier alpha value is -1.42. The van der Waals surface area contributed by atoms with Gasteiger partial charge in [0.05, 0.1) is 25.9 Å². The number of hydrogen-bond acceptors (Lipinski definition) is 4. The van der Waals surface area contributed by atoms with Crippen LogP contribution in [0.5, 0.6) is 17.2 Å². The van der Waals surface area contributed by atoms with Crippen molar-refractivity contribution in [2.45, 2.75) is 13.0 Å². The van der Waals surface area contributed by atoms with Gasteiger partial charge in [-0.1, -0.05) is 0 Å². The van der Waals surface area contributed by atoms with Crippen LogP contribution in [-0.4, -0.2) is 24.4 Å². The SMILES string of the molecule is COc1ccc(O)c(C(C)O)c1OC. The van der Waals surface area contributed by atoms with Crippen molar-refractivity contribution in [2.75, 3.05) is 14.2 Å². The molecule has 0 aromatic heterocycles. The van der Waals surface area contributed by atoms with Gasteiger partial charge in [0.1, 0.15) is 5.75 Å². The number of phenolic OH excluding ortho intramolecular Hbond substituents is 1. The Bertz CT molecular complexity index is 320. The first-order chi connectivity index (χ1) is 6.61. The van der Waals surface area contributed by atoms with Crippen LogP contribution in [0.2, 0.25) is 0 Å². The van der Waals surface area contributed by atoms with Crippen molar-refractivity contribution in [3.8, 4) is 17.2 Å². The molecule has 0 radical (unpaired) electrons. The second-order valence-electron chi connectivity index (χ2n) is 2.91. The Morgan fingerprint density at radius 3 is 2.29 bits per heavy atom. The van der Waals surface area contributed by atoms with E-state index in [1.165, 1.54) is 20.3 Å². The maximum absolute atomic E-state index is 9.52. The summed E-state index contributed by atoms with van der Waals surface area (Å²) in [4.78, 5) is 0. The highest BCUT2D eigenvalue weighted by Crippen LogP contribution is 2.40. The fraction of sp³-hybridized carbons (Fsp3) is 0.400. The molecule has 4 heteroatoms. The zero-order valence-electron chi connectivity index (χ0n) is 8.44. The van der Waals surface area contributed by atoms with Gasteiger partial charge in [-0.2, -0.15) is 0 Å². The van der Waals surface area contributed by atoms with Crippen LogP contribution in [0, 0.1) is 0 Å². The lowest BCUT2D eigenvalue weighted by molar-refractivity contribution is 0.188. The quantitative estimate of drug-likeness (QED) is 0.772. The smallest absolute Gasteiger partial charge is 0.170 e. The van der Waals surface area contributed by atoms with Crippen LogP contribution in [-0.2, 0) is 0 Å². The second-order valence-corrected chi connectivity index (χ2v) is 2.91. The van der Waals surface area contributed by atoms with E-state index < -0.39 is 6.10 Å². The van der Waals surface area contributed by atoms with Crippen LogP contribution in [0.25, 0.3) is 0 Å². The molecule has 1 aromatic rings. The van der Waals surface area contributed by atoms with Gasteiger partial charge in [0.25, 0.3) is 0 Å². The molecule has 0 aliphatic carbocycles. The Morgan fingerprint density at radius 2 is 1.86 bits per heavy atom. The Kier molecular flexibility index (Phi) is 3.19. The predicted octanol–water partition coefficient (Wildman–Crippen LogP) is 1.46. The van der Waals surface area contributed by atoms with Crippen LogP contribution in [0.3, 0.4) is 0 Å². The Labute approximate surface area is 82.7 Å². The highest BCUT2D eigenvalue weighted by Gasteiger charge is 2.18. The van der Waals surface area contributed by atoms with E-state index in [-0.39, 0.29) is 5.75 Å². The maximum Gasteiger partial charge on any atom is 0.170 e. The molecule has 0 amide bonds. The molecule has 14 heavy (non-hydrogen) atoms. The minimum Gasteiger partial charge on any atom is -0.507 e. The largest absolute Gasteiger partial charge is 0.507 e.